The van der Waals surface area contributed by atoms with E-state index < -0.39 is 34.6 Å². The second kappa shape index (κ2) is 7.61. The van der Waals surface area contributed by atoms with Crippen LogP contribution in [0.25, 0.3) is 0 Å². The molecule has 2 fully saturated rings. The maximum Gasteiger partial charge on any atom is 0.251 e. The molecule has 1 heterocycles. The zero-order chi connectivity index (χ0) is 19.6. The molecule has 0 bridgehead atoms. The summed E-state index contributed by atoms with van der Waals surface area (Å²) in [5.74, 6) is -3.32. The minimum absolute atomic E-state index is 0.0156. The number of hydrogen-bond acceptors (Lipinski definition) is 4. The number of benzene rings is 1. The number of hydrogen-bond donors (Lipinski definition) is 2. The number of piperidine rings is 1. The van der Waals surface area contributed by atoms with Gasteiger partial charge in [0.2, 0.25) is 5.91 Å². The summed E-state index contributed by atoms with van der Waals surface area (Å²) in [6, 6.07) is 4.22. The third kappa shape index (κ3) is 3.78. The first kappa shape index (κ1) is 19.2. The van der Waals surface area contributed by atoms with Crippen LogP contribution in [0.4, 0.5) is 8.78 Å². The first-order valence-corrected chi connectivity index (χ1v) is 8.95. The number of primary amides is 1. The Morgan fingerprint density at radius 2 is 2.00 bits per heavy atom. The van der Waals surface area contributed by atoms with Gasteiger partial charge in [-0.25, -0.2) is 8.78 Å². The largest absolute Gasteiger partial charge is 0.366 e. The maximum absolute atomic E-state index is 14.4. The van der Waals surface area contributed by atoms with Gasteiger partial charge in [-0.2, -0.15) is 5.26 Å². The molecule has 1 aromatic rings. The van der Waals surface area contributed by atoms with E-state index >= 15 is 0 Å². The molecule has 6 nitrogen and oxygen atoms in total. The van der Waals surface area contributed by atoms with E-state index in [4.69, 9.17) is 5.73 Å². The number of nitrogens with two attached hydrogens (primary N) is 1. The number of nitriles is 1. The van der Waals surface area contributed by atoms with Crippen molar-refractivity contribution in [2.45, 2.75) is 43.7 Å². The molecule has 3 N–H and O–H groups in total. The van der Waals surface area contributed by atoms with Crippen molar-refractivity contribution in [2.24, 2.45) is 5.73 Å². The molecule has 0 aromatic heterocycles. The van der Waals surface area contributed by atoms with Crippen LogP contribution in [0.5, 0.6) is 0 Å². The van der Waals surface area contributed by atoms with Gasteiger partial charge in [0, 0.05) is 11.6 Å². The fourth-order valence-corrected chi connectivity index (χ4v) is 3.58. The monoisotopic (exact) mass is 375 g/mol. The molecular weight excluding hydrogens is 354 g/mol. The lowest BCUT2D eigenvalue weighted by Crippen LogP contribution is -2.57. The summed E-state index contributed by atoms with van der Waals surface area (Å²) in [5, 5.41) is 12.9. The molecule has 3 rings (SSSR count). The zero-order valence-electron chi connectivity index (χ0n) is 14.8. The minimum atomic E-state index is -1.05. The summed E-state index contributed by atoms with van der Waals surface area (Å²) in [6.45, 7) is 1.27. The van der Waals surface area contributed by atoms with Crippen LogP contribution in [0.3, 0.4) is 0 Å². The van der Waals surface area contributed by atoms with Crippen molar-refractivity contribution in [1.29, 1.82) is 5.26 Å². The Kier molecular flexibility index (Phi) is 5.42. The quantitative estimate of drug-likeness (QED) is 0.786. The molecular formula is C19H21F2N4O2. The molecule has 27 heavy (non-hydrogen) atoms. The van der Waals surface area contributed by atoms with Crippen molar-refractivity contribution in [1.82, 2.24) is 10.2 Å². The fourth-order valence-electron chi connectivity index (χ4n) is 3.58. The summed E-state index contributed by atoms with van der Waals surface area (Å²) in [7, 11) is 0. The topological polar surface area (TPSA) is 99.2 Å². The third-order valence-corrected chi connectivity index (χ3v) is 5.18. The molecule has 0 atom stereocenters. The summed E-state index contributed by atoms with van der Waals surface area (Å²) < 4.78 is 28.4. The van der Waals surface area contributed by atoms with E-state index in [9.17, 15) is 23.6 Å². The van der Waals surface area contributed by atoms with Crippen LogP contribution in [0.1, 0.15) is 41.6 Å². The highest BCUT2D eigenvalue weighted by molar-refractivity contribution is 5.93. The van der Waals surface area contributed by atoms with E-state index in [1.165, 1.54) is 6.42 Å². The average Bonchev–Trinajstić information content (AvgIpc) is 3.47. The smallest absolute Gasteiger partial charge is 0.251 e. The molecule has 1 radical (unpaired) electrons. The molecule has 2 amide bonds. The van der Waals surface area contributed by atoms with Crippen LogP contribution in [0.2, 0.25) is 0 Å². The molecule has 1 saturated carbocycles. The van der Waals surface area contributed by atoms with Gasteiger partial charge in [0.25, 0.3) is 5.91 Å². The highest BCUT2D eigenvalue weighted by Gasteiger charge is 2.47. The Labute approximate surface area is 156 Å². The van der Waals surface area contributed by atoms with Gasteiger partial charge >= 0.3 is 0 Å². The number of nitrogens with zero attached hydrogens (tertiary/aromatic N) is 2. The average molecular weight is 375 g/mol. The number of carbonyl (C=O) groups excluding carboxylic acids is 2. The lowest BCUT2D eigenvalue weighted by Gasteiger charge is -2.42. The van der Waals surface area contributed by atoms with Crippen LogP contribution in [-0.2, 0) is 11.2 Å². The van der Waals surface area contributed by atoms with Crippen LogP contribution < -0.4 is 11.1 Å². The van der Waals surface area contributed by atoms with Gasteiger partial charge in [0.15, 0.2) is 0 Å². The molecule has 2 aliphatic rings. The Hall–Kier alpha value is -2.53. The maximum atomic E-state index is 14.4. The van der Waals surface area contributed by atoms with E-state index in [1.54, 1.807) is 4.90 Å². The second-order valence-corrected chi connectivity index (χ2v) is 6.99. The molecule has 8 heteroatoms. The van der Waals surface area contributed by atoms with Crippen molar-refractivity contribution in [3.63, 3.8) is 0 Å². The summed E-state index contributed by atoms with van der Waals surface area (Å²) in [5.41, 5.74) is 3.39. The number of carbonyl (C=O) groups is 2. The number of rotatable bonds is 6. The molecule has 0 unspecified atom stereocenters. The first-order valence-electron chi connectivity index (χ1n) is 8.95. The Morgan fingerprint density at radius 1 is 1.33 bits per heavy atom. The van der Waals surface area contributed by atoms with Crippen LogP contribution in [0, 0.1) is 29.4 Å². The third-order valence-electron chi connectivity index (χ3n) is 5.18. The molecule has 0 spiro atoms. The Morgan fingerprint density at radius 3 is 2.56 bits per heavy atom. The fraction of sp³-hybridized carbons (Fsp3) is 0.474. The van der Waals surface area contributed by atoms with E-state index in [0.717, 1.165) is 25.0 Å². The number of nitrogens with one attached hydrogen (secondary N) is 1. The number of amides is 2. The molecule has 1 aliphatic heterocycles. The second-order valence-electron chi connectivity index (χ2n) is 6.99. The van der Waals surface area contributed by atoms with E-state index in [0.29, 0.717) is 25.9 Å². The SMILES string of the molecule is N#CC1(N(C(=O)[CH]Cc2c(F)ccc(C(N)=O)c2F)C2CC2)CCNCC1. The van der Waals surface area contributed by atoms with Crippen LogP contribution in [0.15, 0.2) is 12.1 Å². The van der Waals surface area contributed by atoms with Gasteiger partial charge in [-0.1, -0.05) is 0 Å². The van der Waals surface area contributed by atoms with E-state index in [1.807, 2.05) is 0 Å². The van der Waals surface area contributed by atoms with Gasteiger partial charge in [-0.3, -0.25) is 9.59 Å². The zero-order valence-corrected chi connectivity index (χ0v) is 14.8. The lowest BCUT2D eigenvalue weighted by atomic mass is 9.87. The van der Waals surface area contributed by atoms with Gasteiger partial charge in [0.1, 0.15) is 17.2 Å². The van der Waals surface area contributed by atoms with Gasteiger partial charge in [-0.15, -0.1) is 0 Å². The predicted octanol–water partition coefficient (Wildman–Crippen LogP) is 1.45. The standard InChI is InChI=1S/C19H21F2N4O2/c20-15-5-3-14(18(23)27)17(21)13(15)4-6-16(26)25(12-1-2-12)19(11-22)7-9-24-10-8-19/h3,5-6,12,24H,1-2,4,7-10H2,(H2,23,27). The number of halogens is 2. The first-order chi connectivity index (χ1) is 12.9. The molecule has 1 saturated heterocycles. The molecule has 1 aliphatic carbocycles. The van der Waals surface area contributed by atoms with Crippen molar-refractivity contribution in [2.75, 3.05) is 13.1 Å². The van der Waals surface area contributed by atoms with Crippen LogP contribution >= 0.6 is 0 Å². The van der Waals surface area contributed by atoms with Gasteiger partial charge in [-0.05, 0) is 57.3 Å². The van der Waals surface area contributed by atoms with Gasteiger partial charge in [0.05, 0.1) is 18.1 Å². The van der Waals surface area contributed by atoms with Gasteiger partial charge < -0.3 is 16.0 Å². The highest BCUT2D eigenvalue weighted by atomic mass is 19.1. The Balaban J connectivity index is 1.79. The minimum Gasteiger partial charge on any atom is -0.366 e. The molecule has 1 aromatic carbocycles. The van der Waals surface area contributed by atoms with Crippen molar-refractivity contribution in [3.8, 4) is 6.07 Å². The molecule has 143 valence electrons. The predicted molar refractivity (Wildman–Crippen MR) is 93.2 cm³/mol. The van der Waals surface area contributed by atoms with E-state index in [2.05, 4.69) is 11.4 Å². The van der Waals surface area contributed by atoms with Crippen molar-refractivity contribution >= 4 is 11.8 Å². The van der Waals surface area contributed by atoms with Crippen LogP contribution in [-0.4, -0.2) is 41.4 Å². The lowest BCUT2D eigenvalue weighted by molar-refractivity contribution is -0.133. The van der Waals surface area contributed by atoms with Crippen molar-refractivity contribution < 1.29 is 18.4 Å². The van der Waals surface area contributed by atoms with E-state index in [-0.39, 0.29) is 18.0 Å². The normalized spacial score (nSPS) is 18.6. The summed E-state index contributed by atoms with van der Waals surface area (Å²) in [6.07, 6.45) is 3.53. The Bertz CT molecular complexity index is 796. The summed E-state index contributed by atoms with van der Waals surface area (Å²) >= 11 is 0. The van der Waals surface area contributed by atoms with Crippen molar-refractivity contribution in [3.05, 3.63) is 41.3 Å². The highest BCUT2D eigenvalue weighted by Crippen LogP contribution is 2.37. The summed E-state index contributed by atoms with van der Waals surface area (Å²) in [4.78, 5) is 25.7.